The third kappa shape index (κ3) is 2.95. The summed E-state index contributed by atoms with van der Waals surface area (Å²) in [4.78, 5) is 11.5. The largest absolute Gasteiger partial charge is 0.469 e. The zero-order valence-corrected chi connectivity index (χ0v) is 10.8. The lowest BCUT2D eigenvalue weighted by molar-refractivity contribution is -0.158. The average Bonchev–Trinajstić information content (AvgIpc) is 2.58. The number of esters is 1. The number of hydrogen-bond donors (Lipinski definition) is 0. The first-order valence-corrected chi connectivity index (χ1v) is 5.81. The van der Waals surface area contributed by atoms with Crippen molar-refractivity contribution in [1.82, 2.24) is 0 Å². The summed E-state index contributed by atoms with van der Waals surface area (Å²) in [5.41, 5.74) is 0. The van der Waals surface area contributed by atoms with Gasteiger partial charge >= 0.3 is 5.97 Å². The van der Waals surface area contributed by atoms with E-state index in [1.54, 1.807) is 0 Å². The second kappa shape index (κ2) is 5.15. The molecule has 0 bridgehead atoms. The highest BCUT2D eigenvalue weighted by atomic mass is 16.7. The average molecular weight is 230 g/mol. The first-order chi connectivity index (χ1) is 7.41. The van der Waals surface area contributed by atoms with E-state index in [2.05, 4.69) is 6.92 Å². The molecule has 0 saturated carbocycles. The molecule has 0 aromatic carbocycles. The van der Waals surface area contributed by atoms with E-state index >= 15 is 0 Å². The summed E-state index contributed by atoms with van der Waals surface area (Å²) >= 11 is 0. The fourth-order valence-electron chi connectivity index (χ4n) is 2.23. The van der Waals surface area contributed by atoms with Crippen molar-refractivity contribution in [2.45, 2.75) is 46.0 Å². The Bertz CT molecular complexity index is 249. The monoisotopic (exact) mass is 230 g/mol. The van der Waals surface area contributed by atoms with E-state index < -0.39 is 5.79 Å². The molecule has 3 unspecified atom stereocenters. The molecular formula is C12H22O4. The van der Waals surface area contributed by atoms with Gasteiger partial charge in [0.2, 0.25) is 0 Å². The molecule has 1 fully saturated rings. The maximum Gasteiger partial charge on any atom is 0.308 e. The molecule has 4 nitrogen and oxygen atoms in total. The van der Waals surface area contributed by atoms with Crippen molar-refractivity contribution < 1.29 is 19.0 Å². The third-order valence-electron chi connectivity index (χ3n) is 3.19. The van der Waals surface area contributed by atoms with Gasteiger partial charge in [-0.05, 0) is 20.3 Å². The number of rotatable bonds is 4. The van der Waals surface area contributed by atoms with E-state index in [4.69, 9.17) is 14.2 Å². The van der Waals surface area contributed by atoms with E-state index in [-0.39, 0.29) is 23.9 Å². The second-order valence-electron chi connectivity index (χ2n) is 4.75. The number of carbonyl (C=O) groups is 1. The second-order valence-corrected chi connectivity index (χ2v) is 4.75. The van der Waals surface area contributed by atoms with Crippen LogP contribution < -0.4 is 0 Å². The molecule has 0 aromatic rings. The van der Waals surface area contributed by atoms with Gasteiger partial charge in [0, 0.05) is 5.92 Å². The molecule has 1 aliphatic heterocycles. The van der Waals surface area contributed by atoms with E-state index in [1.807, 2.05) is 20.8 Å². The summed E-state index contributed by atoms with van der Waals surface area (Å²) < 4.78 is 16.1. The van der Waals surface area contributed by atoms with Crippen LogP contribution >= 0.6 is 0 Å². The zero-order valence-electron chi connectivity index (χ0n) is 10.8. The van der Waals surface area contributed by atoms with Gasteiger partial charge in [-0.1, -0.05) is 13.8 Å². The molecule has 0 aromatic heterocycles. The Kier molecular flexibility index (Phi) is 4.33. The van der Waals surface area contributed by atoms with Gasteiger partial charge in [0.1, 0.15) is 0 Å². The lowest BCUT2D eigenvalue weighted by atomic mass is 9.87. The molecule has 4 heteroatoms. The number of carbonyl (C=O) groups excluding carboxylic acids is 1. The van der Waals surface area contributed by atoms with Gasteiger partial charge in [0.25, 0.3) is 0 Å². The smallest absolute Gasteiger partial charge is 0.308 e. The molecule has 0 radical (unpaired) electrons. The molecule has 1 heterocycles. The summed E-state index contributed by atoms with van der Waals surface area (Å²) in [5.74, 6) is -0.722. The van der Waals surface area contributed by atoms with Crippen LogP contribution in [0, 0.1) is 11.8 Å². The van der Waals surface area contributed by atoms with E-state index in [9.17, 15) is 4.79 Å². The van der Waals surface area contributed by atoms with Crippen molar-refractivity contribution in [1.29, 1.82) is 0 Å². The first kappa shape index (κ1) is 13.5. The summed E-state index contributed by atoms with van der Waals surface area (Å²) in [6.45, 7) is 8.27. The number of hydrogen-bond acceptors (Lipinski definition) is 4. The van der Waals surface area contributed by atoms with Crippen LogP contribution in [0.2, 0.25) is 0 Å². The fraction of sp³-hybridized carbons (Fsp3) is 0.917. The van der Waals surface area contributed by atoms with Gasteiger partial charge < -0.3 is 14.2 Å². The Morgan fingerprint density at radius 2 is 2.19 bits per heavy atom. The minimum absolute atomic E-state index is 0.0194. The molecule has 1 rings (SSSR count). The Balaban J connectivity index is 2.65. The molecule has 0 N–H and O–H groups in total. The van der Waals surface area contributed by atoms with Crippen LogP contribution in [0.4, 0.5) is 0 Å². The van der Waals surface area contributed by atoms with E-state index in [0.29, 0.717) is 6.61 Å². The summed E-state index contributed by atoms with van der Waals surface area (Å²) in [6.07, 6.45) is 0.856. The highest BCUT2D eigenvalue weighted by Gasteiger charge is 2.40. The topological polar surface area (TPSA) is 44.8 Å². The molecule has 0 amide bonds. The lowest BCUT2D eigenvalue weighted by Gasteiger charge is -2.26. The van der Waals surface area contributed by atoms with Crippen LogP contribution in [0.3, 0.4) is 0 Å². The highest BCUT2D eigenvalue weighted by Crippen LogP contribution is 2.32. The molecule has 0 aliphatic carbocycles. The van der Waals surface area contributed by atoms with Crippen LogP contribution in [0.15, 0.2) is 0 Å². The molecule has 0 spiro atoms. The van der Waals surface area contributed by atoms with Gasteiger partial charge in [0.15, 0.2) is 5.79 Å². The van der Waals surface area contributed by atoms with Crippen molar-refractivity contribution in [3.05, 3.63) is 0 Å². The summed E-state index contributed by atoms with van der Waals surface area (Å²) in [5, 5.41) is 0. The summed E-state index contributed by atoms with van der Waals surface area (Å²) in [6, 6.07) is 0. The van der Waals surface area contributed by atoms with Crippen LogP contribution in [-0.2, 0) is 19.0 Å². The van der Waals surface area contributed by atoms with Crippen molar-refractivity contribution in [2.75, 3.05) is 13.7 Å². The Labute approximate surface area is 97.2 Å². The van der Waals surface area contributed by atoms with Crippen LogP contribution in [0.1, 0.15) is 34.1 Å². The van der Waals surface area contributed by atoms with Gasteiger partial charge in [-0.2, -0.15) is 0 Å². The van der Waals surface area contributed by atoms with Crippen molar-refractivity contribution >= 4 is 5.97 Å². The molecule has 1 aliphatic rings. The van der Waals surface area contributed by atoms with Crippen LogP contribution in [-0.4, -0.2) is 31.6 Å². The van der Waals surface area contributed by atoms with Crippen molar-refractivity contribution in [3.8, 4) is 0 Å². The minimum atomic E-state index is -0.534. The molecule has 1 saturated heterocycles. The number of methoxy groups -OCH3 is 1. The standard InChI is InChI=1S/C12H22O4/c1-6-9(8(2)11(13)14-5)10-7-15-12(3,4)16-10/h8-10H,6-7H2,1-5H3. The van der Waals surface area contributed by atoms with Gasteiger partial charge in [0.05, 0.1) is 25.7 Å². The van der Waals surface area contributed by atoms with E-state index in [1.165, 1.54) is 7.11 Å². The number of ether oxygens (including phenoxy) is 3. The highest BCUT2D eigenvalue weighted by molar-refractivity contribution is 5.72. The lowest BCUT2D eigenvalue weighted by Crippen LogP contribution is -2.34. The Hall–Kier alpha value is -0.610. The Morgan fingerprint density at radius 3 is 2.56 bits per heavy atom. The SMILES string of the molecule is CCC(C1COC(C)(C)O1)C(C)C(=O)OC. The minimum Gasteiger partial charge on any atom is -0.469 e. The molecular weight excluding hydrogens is 208 g/mol. The third-order valence-corrected chi connectivity index (χ3v) is 3.19. The van der Waals surface area contributed by atoms with Crippen molar-refractivity contribution in [3.63, 3.8) is 0 Å². The zero-order chi connectivity index (χ0) is 12.3. The fourth-order valence-corrected chi connectivity index (χ4v) is 2.23. The van der Waals surface area contributed by atoms with Crippen LogP contribution in [0.5, 0.6) is 0 Å². The summed E-state index contributed by atoms with van der Waals surface area (Å²) in [7, 11) is 1.42. The van der Waals surface area contributed by atoms with Crippen LogP contribution in [0.25, 0.3) is 0 Å². The molecule has 16 heavy (non-hydrogen) atoms. The maximum absolute atomic E-state index is 11.5. The van der Waals surface area contributed by atoms with E-state index in [0.717, 1.165) is 6.42 Å². The first-order valence-electron chi connectivity index (χ1n) is 5.81. The molecule has 3 atom stereocenters. The normalized spacial score (nSPS) is 27.4. The predicted octanol–water partition coefficient (Wildman–Crippen LogP) is 1.97. The van der Waals surface area contributed by atoms with Gasteiger partial charge in [-0.25, -0.2) is 0 Å². The molecule has 94 valence electrons. The maximum atomic E-state index is 11.5. The van der Waals surface area contributed by atoms with Gasteiger partial charge in [-0.15, -0.1) is 0 Å². The predicted molar refractivity (Wildman–Crippen MR) is 59.9 cm³/mol. The quantitative estimate of drug-likeness (QED) is 0.693. The van der Waals surface area contributed by atoms with Gasteiger partial charge in [-0.3, -0.25) is 4.79 Å². The Morgan fingerprint density at radius 1 is 1.56 bits per heavy atom. The van der Waals surface area contributed by atoms with Crippen molar-refractivity contribution in [2.24, 2.45) is 11.8 Å².